The van der Waals surface area contributed by atoms with E-state index in [0.717, 1.165) is 11.1 Å². The van der Waals surface area contributed by atoms with Crippen molar-refractivity contribution < 1.29 is 0 Å². The third kappa shape index (κ3) is 1.65. The fourth-order valence-corrected chi connectivity index (χ4v) is 1.44. The van der Waals surface area contributed by atoms with Crippen molar-refractivity contribution in [2.24, 2.45) is 0 Å². The first-order chi connectivity index (χ1) is 6.27. The van der Waals surface area contributed by atoms with Crippen molar-refractivity contribution in [3.63, 3.8) is 0 Å². The van der Waals surface area contributed by atoms with Gasteiger partial charge >= 0.3 is 0 Å². The first kappa shape index (κ1) is 8.52. The Morgan fingerprint density at radius 3 is 2.62 bits per heavy atom. The summed E-state index contributed by atoms with van der Waals surface area (Å²) in [6.07, 6.45) is 1.86. The van der Waals surface area contributed by atoms with Gasteiger partial charge in [-0.25, -0.2) is 0 Å². The largest absolute Gasteiger partial charge is 0.259 e. The summed E-state index contributed by atoms with van der Waals surface area (Å²) < 4.78 is 0. The minimum absolute atomic E-state index is 0.0235. The van der Waals surface area contributed by atoms with Crippen LogP contribution >= 0.6 is 11.6 Å². The number of hydrogen-bond donors (Lipinski definition) is 0. The van der Waals surface area contributed by atoms with E-state index >= 15 is 0 Å². The summed E-state index contributed by atoms with van der Waals surface area (Å²) in [6.45, 7) is 1.93. The minimum atomic E-state index is -0.0235. The van der Waals surface area contributed by atoms with Crippen LogP contribution in [0.25, 0.3) is 10.8 Å². The Morgan fingerprint density at radius 1 is 1.23 bits per heavy atom. The molecule has 0 aliphatic rings. The maximum Gasteiger partial charge on any atom is 0.0729 e. The average Bonchev–Trinajstić information content (AvgIpc) is 2.17. The first-order valence-corrected chi connectivity index (χ1v) is 4.70. The standard InChI is InChI=1S/C11H10ClN/c1-8(12)11-6-9-4-2-3-5-10(9)7-13-11/h2-8H,1H3. The van der Waals surface area contributed by atoms with Gasteiger partial charge in [-0.05, 0) is 18.4 Å². The quantitative estimate of drug-likeness (QED) is 0.629. The van der Waals surface area contributed by atoms with Gasteiger partial charge in [-0.2, -0.15) is 0 Å². The molecule has 1 nitrogen and oxygen atoms in total. The van der Waals surface area contributed by atoms with Crippen molar-refractivity contribution in [1.29, 1.82) is 0 Å². The number of alkyl halides is 1. The summed E-state index contributed by atoms with van der Waals surface area (Å²) >= 11 is 5.94. The monoisotopic (exact) mass is 191 g/mol. The topological polar surface area (TPSA) is 12.9 Å². The molecule has 0 radical (unpaired) electrons. The Kier molecular flexibility index (Phi) is 2.19. The second-order valence-electron chi connectivity index (χ2n) is 3.07. The molecule has 1 aromatic carbocycles. The van der Waals surface area contributed by atoms with E-state index in [0.29, 0.717) is 0 Å². The van der Waals surface area contributed by atoms with Crippen molar-refractivity contribution >= 4 is 22.4 Å². The number of rotatable bonds is 1. The third-order valence-corrected chi connectivity index (χ3v) is 2.28. The van der Waals surface area contributed by atoms with Gasteiger partial charge in [0.25, 0.3) is 0 Å². The summed E-state index contributed by atoms with van der Waals surface area (Å²) in [7, 11) is 0. The number of aromatic nitrogens is 1. The van der Waals surface area contributed by atoms with E-state index in [4.69, 9.17) is 11.6 Å². The predicted molar refractivity (Wildman–Crippen MR) is 56.0 cm³/mol. The predicted octanol–water partition coefficient (Wildman–Crippen LogP) is 3.53. The van der Waals surface area contributed by atoms with E-state index in [1.165, 1.54) is 5.39 Å². The molecular formula is C11H10ClN. The van der Waals surface area contributed by atoms with E-state index < -0.39 is 0 Å². The van der Waals surface area contributed by atoms with Gasteiger partial charge in [0.15, 0.2) is 0 Å². The van der Waals surface area contributed by atoms with Gasteiger partial charge in [0.05, 0.1) is 11.1 Å². The lowest BCUT2D eigenvalue weighted by molar-refractivity contribution is 1.00. The van der Waals surface area contributed by atoms with Crippen LogP contribution in [0, 0.1) is 0 Å². The summed E-state index contributed by atoms with van der Waals surface area (Å²) in [6, 6.07) is 10.2. The second-order valence-corrected chi connectivity index (χ2v) is 3.73. The summed E-state index contributed by atoms with van der Waals surface area (Å²) in [5.74, 6) is 0. The normalized spacial score (nSPS) is 13.1. The lowest BCUT2D eigenvalue weighted by atomic mass is 10.1. The third-order valence-electron chi connectivity index (χ3n) is 2.06. The Morgan fingerprint density at radius 2 is 1.92 bits per heavy atom. The summed E-state index contributed by atoms with van der Waals surface area (Å²) in [5, 5.41) is 2.33. The fraction of sp³-hybridized carbons (Fsp3) is 0.182. The van der Waals surface area contributed by atoms with Crippen molar-refractivity contribution in [1.82, 2.24) is 4.98 Å². The summed E-state index contributed by atoms with van der Waals surface area (Å²) in [4.78, 5) is 4.27. The SMILES string of the molecule is CC(Cl)c1cc2ccccc2cn1. The van der Waals surface area contributed by atoms with Crippen molar-refractivity contribution in [3.8, 4) is 0 Å². The first-order valence-electron chi connectivity index (χ1n) is 4.26. The number of benzene rings is 1. The zero-order chi connectivity index (χ0) is 9.26. The highest BCUT2D eigenvalue weighted by atomic mass is 35.5. The van der Waals surface area contributed by atoms with Gasteiger partial charge < -0.3 is 0 Å². The average molecular weight is 192 g/mol. The number of fused-ring (bicyclic) bond motifs is 1. The van der Waals surface area contributed by atoms with E-state index in [-0.39, 0.29) is 5.38 Å². The van der Waals surface area contributed by atoms with E-state index in [1.54, 1.807) is 0 Å². The van der Waals surface area contributed by atoms with Crippen LogP contribution in [0.15, 0.2) is 36.5 Å². The van der Waals surface area contributed by atoms with Gasteiger partial charge in [-0.15, -0.1) is 11.6 Å². The van der Waals surface area contributed by atoms with E-state index in [1.807, 2.05) is 37.4 Å². The number of hydrogen-bond acceptors (Lipinski definition) is 1. The Balaban J connectivity index is 2.62. The molecule has 66 valence electrons. The van der Waals surface area contributed by atoms with Crippen LogP contribution in [0.3, 0.4) is 0 Å². The molecule has 0 N–H and O–H groups in total. The van der Waals surface area contributed by atoms with Gasteiger partial charge in [0, 0.05) is 11.6 Å². The van der Waals surface area contributed by atoms with Gasteiger partial charge in [0.2, 0.25) is 0 Å². The smallest absolute Gasteiger partial charge is 0.0729 e. The lowest BCUT2D eigenvalue weighted by Gasteiger charge is -2.03. The maximum atomic E-state index is 5.94. The second kappa shape index (κ2) is 3.35. The van der Waals surface area contributed by atoms with Gasteiger partial charge in [-0.3, -0.25) is 4.98 Å². The highest BCUT2D eigenvalue weighted by Crippen LogP contribution is 2.21. The number of halogens is 1. The Labute approximate surface area is 82.4 Å². The highest BCUT2D eigenvalue weighted by molar-refractivity contribution is 6.20. The molecule has 0 aliphatic heterocycles. The molecule has 1 atom stereocenters. The van der Waals surface area contributed by atoms with Crippen LogP contribution < -0.4 is 0 Å². The zero-order valence-corrected chi connectivity index (χ0v) is 8.12. The Bertz CT molecular complexity index is 423. The molecule has 1 heterocycles. The molecule has 0 fully saturated rings. The van der Waals surface area contributed by atoms with Crippen LogP contribution in [-0.4, -0.2) is 4.98 Å². The minimum Gasteiger partial charge on any atom is -0.259 e. The molecule has 0 amide bonds. The molecule has 0 aliphatic carbocycles. The van der Waals surface area contributed by atoms with Crippen LogP contribution in [0.5, 0.6) is 0 Å². The Hall–Kier alpha value is -1.08. The van der Waals surface area contributed by atoms with Crippen LogP contribution in [0.1, 0.15) is 18.0 Å². The molecule has 1 unspecified atom stereocenters. The molecule has 2 aromatic rings. The highest BCUT2D eigenvalue weighted by Gasteiger charge is 2.02. The van der Waals surface area contributed by atoms with Crippen molar-refractivity contribution in [2.75, 3.05) is 0 Å². The molecule has 2 rings (SSSR count). The molecule has 0 bridgehead atoms. The maximum absolute atomic E-state index is 5.94. The fourth-order valence-electron chi connectivity index (χ4n) is 1.32. The number of pyridine rings is 1. The van der Waals surface area contributed by atoms with E-state index in [2.05, 4.69) is 11.1 Å². The molecule has 2 heteroatoms. The molecule has 1 aromatic heterocycles. The van der Waals surface area contributed by atoms with Crippen molar-refractivity contribution in [3.05, 3.63) is 42.2 Å². The van der Waals surface area contributed by atoms with Crippen LogP contribution in [-0.2, 0) is 0 Å². The van der Waals surface area contributed by atoms with Crippen LogP contribution in [0.4, 0.5) is 0 Å². The van der Waals surface area contributed by atoms with Crippen molar-refractivity contribution in [2.45, 2.75) is 12.3 Å². The molecule has 0 saturated heterocycles. The molecule has 13 heavy (non-hydrogen) atoms. The van der Waals surface area contributed by atoms with Gasteiger partial charge in [-0.1, -0.05) is 24.3 Å². The number of nitrogens with zero attached hydrogens (tertiary/aromatic N) is 1. The van der Waals surface area contributed by atoms with E-state index in [9.17, 15) is 0 Å². The molecule has 0 spiro atoms. The lowest BCUT2D eigenvalue weighted by Crippen LogP contribution is -1.88. The summed E-state index contributed by atoms with van der Waals surface area (Å²) in [5.41, 5.74) is 0.931. The molecule has 0 saturated carbocycles. The van der Waals surface area contributed by atoms with Crippen LogP contribution in [0.2, 0.25) is 0 Å². The zero-order valence-electron chi connectivity index (χ0n) is 7.37. The molecular weight excluding hydrogens is 182 g/mol. The van der Waals surface area contributed by atoms with Gasteiger partial charge in [0.1, 0.15) is 0 Å².